The van der Waals surface area contributed by atoms with Crippen molar-refractivity contribution < 1.29 is 9.47 Å². The molecular weight excluding hydrogens is 306 g/mol. The zero-order chi connectivity index (χ0) is 13.8. The maximum atomic E-state index is 5.65. The van der Waals surface area contributed by atoms with E-state index in [4.69, 9.17) is 9.47 Å². The molecule has 1 aliphatic rings. The number of rotatable bonds is 6. The first-order valence-electron chi connectivity index (χ1n) is 6.81. The zero-order valence-corrected chi connectivity index (χ0v) is 13.3. The van der Waals surface area contributed by atoms with Crippen LogP contribution in [0.15, 0.2) is 28.7 Å². The van der Waals surface area contributed by atoms with E-state index in [1.54, 1.807) is 7.11 Å². The summed E-state index contributed by atoms with van der Waals surface area (Å²) in [6, 6.07) is 9.08. The summed E-state index contributed by atoms with van der Waals surface area (Å²) in [7, 11) is 1.76. The summed E-state index contributed by atoms with van der Waals surface area (Å²) >= 11 is 3.51. The molecule has 0 aliphatic heterocycles. The molecule has 1 N–H and O–H groups in total. The molecule has 0 radical (unpaired) electrons. The highest BCUT2D eigenvalue weighted by Gasteiger charge is 2.42. The first-order valence-corrected chi connectivity index (χ1v) is 7.61. The summed E-state index contributed by atoms with van der Waals surface area (Å²) in [5.74, 6) is 0. The predicted octanol–water partition coefficient (Wildman–Crippen LogP) is 3.29. The zero-order valence-electron chi connectivity index (χ0n) is 11.7. The standard InChI is InChI=1S/C15H22BrNO2/c1-4-19-14-9-13(15(14)18-3)17-10(2)11-6-5-7-12(16)8-11/h5-8,10,13-15,17H,4,9H2,1-3H3. The second kappa shape index (κ2) is 6.84. The van der Waals surface area contributed by atoms with E-state index in [1.807, 2.05) is 13.0 Å². The third-order valence-corrected chi connectivity index (χ3v) is 4.21. The lowest BCUT2D eigenvalue weighted by atomic mass is 9.84. The van der Waals surface area contributed by atoms with Crippen molar-refractivity contribution in [3.8, 4) is 0 Å². The van der Waals surface area contributed by atoms with Crippen molar-refractivity contribution in [1.82, 2.24) is 5.32 Å². The predicted molar refractivity (Wildman–Crippen MR) is 80.3 cm³/mol. The van der Waals surface area contributed by atoms with Gasteiger partial charge in [0, 0.05) is 30.3 Å². The lowest BCUT2D eigenvalue weighted by molar-refractivity contribution is -0.133. The maximum absolute atomic E-state index is 5.65. The van der Waals surface area contributed by atoms with Crippen LogP contribution in [-0.4, -0.2) is 32.0 Å². The third kappa shape index (κ3) is 3.57. The average Bonchev–Trinajstić information content (AvgIpc) is 2.37. The molecule has 0 aromatic heterocycles. The Balaban J connectivity index is 1.91. The number of hydrogen-bond acceptors (Lipinski definition) is 3. The van der Waals surface area contributed by atoms with Crippen LogP contribution in [0.25, 0.3) is 0 Å². The summed E-state index contributed by atoms with van der Waals surface area (Å²) in [5.41, 5.74) is 1.28. The molecule has 4 heteroatoms. The molecule has 106 valence electrons. The Kier molecular flexibility index (Phi) is 5.39. The number of ether oxygens (including phenoxy) is 2. The topological polar surface area (TPSA) is 30.5 Å². The lowest BCUT2D eigenvalue weighted by Crippen LogP contribution is -2.60. The van der Waals surface area contributed by atoms with Gasteiger partial charge in [0.05, 0.1) is 12.2 Å². The molecule has 0 spiro atoms. The van der Waals surface area contributed by atoms with Gasteiger partial charge in [-0.3, -0.25) is 0 Å². The van der Waals surface area contributed by atoms with Gasteiger partial charge in [-0.2, -0.15) is 0 Å². The molecule has 4 unspecified atom stereocenters. The summed E-state index contributed by atoms with van der Waals surface area (Å²) in [5, 5.41) is 3.62. The fraction of sp³-hybridized carbons (Fsp3) is 0.600. The minimum absolute atomic E-state index is 0.162. The number of hydrogen-bond donors (Lipinski definition) is 1. The number of methoxy groups -OCH3 is 1. The SMILES string of the molecule is CCOC1CC(NC(C)c2cccc(Br)c2)C1OC. The van der Waals surface area contributed by atoms with E-state index in [2.05, 4.69) is 46.4 Å². The Labute approximate surface area is 123 Å². The van der Waals surface area contributed by atoms with Crippen LogP contribution < -0.4 is 5.32 Å². The molecule has 3 nitrogen and oxygen atoms in total. The van der Waals surface area contributed by atoms with Crippen LogP contribution in [0.5, 0.6) is 0 Å². The van der Waals surface area contributed by atoms with Gasteiger partial charge in [-0.25, -0.2) is 0 Å². The molecule has 1 aromatic carbocycles. The van der Waals surface area contributed by atoms with E-state index >= 15 is 0 Å². The monoisotopic (exact) mass is 327 g/mol. The number of benzene rings is 1. The normalized spacial score (nSPS) is 27.9. The van der Waals surface area contributed by atoms with E-state index in [1.165, 1.54) is 5.56 Å². The minimum atomic E-state index is 0.162. The van der Waals surface area contributed by atoms with E-state index in [-0.39, 0.29) is 12.2 Å². The molecule has 1 aliphatic carbocycles. The van der Waals surface area contributed by atoms with Crippen LogP contribution in [-0.2, 0) is 9.47 Å². The van der Waals surface area contributed by atoms with Crippen LogP contribution in [0.1, 0.15) is 31.9 Å². The second-order valence-electron chi connectivity index (χ2n) is 4.98. The summed E-state index contributed by atoms with van der Waals surface area (Å²) < 4.78 is 12.3. The molecule has 1 fully saturated rings. The Morgan fingerprint density at radius 1 is 1.47 bits per heavy atom. The van der Waals surface area contributed by atoms with Crippen LogP contribution in [0.3, 0.4) is 0 Å². The Hall–Kier alpha value is -0.420. The van der Waals surface area contributed by atoms with Crippen molar-refractivity contribution in [1.29, 1.82) is 0 Å². The molecule has 0 saturated heterocycles. The maximum Gasteiger partial charge on any atom is 0.0987 e. The fourth-order valence-electron chi connectivity index (χ4n) is 2.63. The van der Waals surface area contributed by atoms with Crippen molar-refractivity contribution in [3.05, 3.63) is 34.3 Å². The van der Waals surface area contributed by atoms with Gasteiger partial charge >= 0.3 is 0 Å². The van der Waals surface area contributed by atoms with Crippen molar-refractivity contribution >= 4 is 15.9 Å². The molecule has 1 aromatic rings. The van der Waals surface area contributed by atoms with E-state index in [0.29, 0.717) is 12.1 Å². The molecule has 0 bridgehead atoms. The molecule has 0 heterocycles. The number of nitrogens with one attached hydrogen (secondary N) is 1. The Bertz CT molecular complexity index is 413. The molecular formula is C15H22BrNO2. The van der Waals surface area contributed by atoms with Gasteiger partial charge in [-0.15, -0.1) is 0 Å². The van der Waals surface area contributed by atoms with Crippen LogP contribution in [0.4, 0.5) is 0 Å². The van der Waals surface area contributed by atoms with Gasteiger partial charge in [0.1, 0.15) is 0 Å². The highest BCUT2D eigenvalue weighted by atomic mass is 79.9. The van der Waals surface area contributed by atoms with Crippen molar-refractivity contribution in [2.24, 2.45) is 0 Å². The van der Waals surface area contributed by atoms with Gasteiger partial charge in [0.15, 0.2) is 0 Å². The second-order valence-corrected chi connectivity index (χ2v) is 5.90. The highest BCUT2D eigenvalue weighted by molar-refractivity contribution is 9.10. The highest BCUT2D eigenvalue weighted by Crippen LogP contribution is 2.29. The smallest absolute Gasteiger partial charge is 0.0987 e. The first-order chi connectivity index (χ1) is 9.15. The third-order valence-electron chi connectivity index (χ3n) is 3.71. The van der Waals surface area contributed by atoms with Gasteiger partial charge < -0.3 is 14.8 Å². The molecule has 19 heavy (non-hydrogen) atoms. The molecule has 1 saturated carbocycles. The van der Waals surface area contributed by atoms with Crippen LogP contribution >= 0.6 is 15.9 Å². The van der Waals surface area contributed by atoms with Crippen molar-refractivity contribution in [2.45, 2.75) is 44.6 Å². The van der Waals surface area contributed by atoms with Gasteiger partial charge in [0.2, 0.25) is 0 Å². The Morgan fingerprint density at radius 2 is 2.26 bits per heavy atom. The largest absolute Gasteiger partial charge is 0.377 e. The van der Waals surface area contributed by atoms with E-state index < -0.39 is 0 Å². The van der Waals surface area contributed by atoms with Gasteiger partial charge in [-0.1, -0.05) is 28.1 Å². The lowest BCUT2D eigenvalue weighted by Gasteiger charge is -2.44. The van der Waals surface area contributed by atoms with E-state index in [9.17, 15) is 0 Å². The first kappa shape index (κ1) is 15.0. The van der Waals surface area contributed by atoms with Gasteiger partial charge in [-0.05, 0) is 38.0 Å². The summed E-state index contributed by atoms with van der Waals surface area (Å²) in [6.07, 6.45) is 1.42. The molecule has 4 atom stereocenters. The minimum Gasteiger partial charge on any atom is -0.377 e. The quantitative estimate of drug-likeness (QED) is 0.869. The van der Waals surface area contributed by atoms with Crippen molar-refractivity contribution in [2.75, 3.05) is 13.7 Å². The number of halogens is 1. The Morgan fingerprint density at radius 3 is 2.89 bits per heavy atom. The average molecular weight is 328 g/mol. The molecule has 2 rings (SSSR count). The van der Waals surface area contributed by atoms with Gasteiger partial charge in [0.25, 0.3) is 0 Å². The van der Waals surface area contributed by atoms with Crippen LogP contribution in [0, 0.1) is 0 Å². The van der Waals surface area contributed by atoms with Crippen molar-refractivity contribution in [3.63, 3.8) is 0 Å². The fourth-order valence-corrected chi connectivity index (χ4v) is 3.05. The summed E-state index contributed by atoms with van der Waals surface area (Å²) in [6.45, 7) is 4.96. The summed E-state index contributed by atoms with van der Waals surface area (Å²) in [4.78, 5) is 0. The van der Waals surface area contributed by atoms with E-state index in [0.717, 1.165) is 17.5 Å². The molecule has 0 amide bonds. The van der Waals surface area contributed by atoms with Crippen LogP contribution in [0.2, 0.25) is 0 Å².